The van der Waals surface area contributed by atoms with Gasteiger partial charge in [-0.1, -0.05) is 226 Å². The molecule has 0 fully saturated rings. The highest BCUT2D eigenvalue weighted by atomic mass is 16.6. The van der Waals surface area contributed by atoms with Gasteiger partial charge in [0.1, 0.15) is 13.2 Å². The van der Waals surface area contributed by atoms with Gasteiger partial charge in [0.2, 0.25) is 0 Å². The summed E-state index contributed by atoms with van der Waals surface area (Å²) in [7, 11) is 0. The third kappa shape index (κ3) is 50.8. The van der Waals surface area contributed by atoms with Gasteiger partial charge in [0.15, 0.2) is 6.10 Å². The van der Waals surface area contributed by atoms with Gasteiger partial charge in [-0.25, -0.2) is 0 Å². The molecule has 0 rings (SSSR count). The topological polar surface area (TPSA) is 78.9 Å². The minimum atomic E-state index is -0.839. The van der Waals surface area contributed by atoms with Crippen molar-refractivity contribution in [2.45, 2.75) is 226 Å². The average Bonchev–Trinajstić information content (AvgIpc) is 3.31. The Balaban J connectivity index is 4.53. The maximum absolute atomic E-state index is 12.8. The van der Waals surface area contributed by atoms with Crippen LogP contribution < -0.4 is 0 Å². The number of unbranched alkanes of at least 4 members (excludes halogenated alkanes) is 18. The van der Waals surface area contributed by atoms with Gasteiger partial charge in [-0.2, -0.15) is 0 Å². The third-order valence-electron chi connectivity index (χ3n) is 10.8. The van der Waals surface area contributed by atoms with Crippen LogP contribution in [0.3, 0.4) is 0 Å². The normalized spacial score (nSPS) is 13.1. The Bertz CT molecular complexity index is 1420. The Morgan fingerprint density at radius 2 is 0.697 bits per heavy atom. The van der Waals surface area contributed by atoms with E-state index in [2.05, 4.69) is 93.7 Å². The fraction of sp³-hybridized carbons (Fsp3) is 0.617. The molecule has 0 N–H and O–H groups in total. The summed E-state index contributed by atoms with van der Waals surface area (Å²) in [4.78, 5) is 38.0. The number of ether oxygens (including phenoxy) is 3. The summed E-state index contributed by atoms with van der Waals surface area (Å²) in [5.74, 6) is -1.06. The molecule has 0 heterocycles. The Hall–Kier alpha value is -4.19. The van der Waals surface area contributed by atoms with Crippen LogP contribution in [0.2, 0.25) is 0 Å². The van der Waals surface area contributed by atoms with Crippen molar-refractivity contribution in [3.8, 4) is 0 Å². The average molecular weight is 913 g/mol. The van der Waals surface area contributed by atoms with E-state index in [4.69, 9.17) is 14.2 Å². The molecule has 0 radical (unpaired) electrons. The Labute approximate surface area is 405 Å². The first kappa shape index (κ1) is 61.8. The number of rotatable bonds is 46. The molecule has 0 aliphatic heterocycles. The SMILES string of the molecule is CC\C=C/C=C\C=C/C=C\CCCCCC(=O)OCC(COC(=O)CCCCCCCCC/C=C\CCCCCCCCCC)OC(=O)CC/C=C\C/C=C\C/C=C\C/C=C\C/C=C\CC. The van der Waals surface area contributed by atoms with Gasteiger partial charge < -0.3 is 14.2 Å². The summed E-state index contributed by atoms with van der Waals surface area (Å²) in [6.45, 7) is 6.27. The fourth-order valence-corrected chi connectivity index (χ4v) is 6.85. The second-order valence-corrected chi connectivity index (χ2v) is 17.1. The quantitative estimate of drug-likeness (QED) is 0.0199. The molecule has 0 aromatic carbocycles. The molecule has 0 amide bonds. The van der Waals surface area contributed by atoms with Crippen LogP contribution in [0.15, 0.2) is 122 Å². The van der Waals surface area contributed by atoms with Crippen LogP contribution in [0.4, 0.5) is 0 Å². The van der Waals surface area contributed by atoms with Crippen LogP contribution in [-0.4, -0.2) is 37.2 Å². The van der Waals surface area contributed by atoms with Crippen LogP contribution in [0.1, 0.15) is 220 Å². The van der Waals surface area contributed by atoms with E-state index < -0.39 is 12.1 Å². The first-order valence-corrected chi connectivity index (χ1v) is 26.6. The largest absolute Gasteiger partial charge is 0.462 e. The van der Waals surface area contributed by atoms with Crippen LogP contribution in [0.25, 0.3) is 0 Å². The van der Waals surface area contributed by atoms with E-state index in [1.807, 2.05) is 48.6 Å². The molecular formula is C60H96O6. The molecule has 0 aromatic rings. The lowest BCUT2D eigenvalue weighted by Crippen LogP contribution is -2.30. The van der Waals surface area contributed by atoms with Crippen molar-refractivity contribution in [3.05, 3.63) is 122 Å². The molecule has 0 saturated heterocycles. The predicted molar refractivity (Wildman–Crippen MR) is 283 cm³/mol. The zero-order chi connectivity index (χ0) is 47.9. The molecule has 1 atom stereocenters. The van der Waals surface area contributed by atoms with Gasteiger partial charge >= 0.3 is 17.9 Å². The van der Waals surface area contributed by atoms with Gasteiger partial charge in [0.05, 0.1) is 0 Å². The van der Waals surface area contributed by atoms with Gasteiger partial charge in [-0.3, -0.25) is 14.4 Å². The first-order valence-electron chi connectivity index (χ1n) is 26.6. The molecule has 0 aliphatic carbocycles. The third-order valence-corrected chi connectivity index (χ3v) is 10.8. The number of hydrogen-bond donors (Lipinski definition) is 0. The number of allylic oxidation sites excluding steroid dienone is 20. The molecule has 0 saturated carbocycles. The molecule has 0 aromatic heterocycles. The second-order valence-electron chi connectivity index (χ2n) is 17.1. The Kier molecular flexibility index (Phi) is 50.0. The molecule has 0 spiro atoms. The second kappa shape index (κ2) is 53.4. The molecule has 372 valence electrons. The van der Waals surface area contributed by atoms with E-state index in [0.29, 0.717) is 19.3 Å². The maximum atomic E-state index is 12.8. The number of carbonyl (C=O) groups excluding carboxylic acids is 3. The van der Waals surface area contributed by atoms with E-state index in [0.717, 1.165) is 83.5 Å². The molecule has 6 nitrogen and oxygen atoms in total. The summed E-state index contributed by atoms with van der Waals surface area (Å²) in [5.41, 5.74) is 0. The highest BCUT2D eigenvalue weighted by Gasteiger charge is 2.19. The van der Waals surface area contributed by atoms with Gasteiger partial charge in [-0.05, 0) is 96.3 Å². The van der Waals surface area contributed by atoms with Gasteiger partial charge in [0, 0.05) is 19.3 Å². The summed E-state index contributed by atoms with van der Waals surface area (Å²) < 4.78 is 16.7. The number of hydrogen-bond acceptors (Lipinski definition) is 6. The molecule has 1 unspecified atom stereocenters. The minimum Gasteiger partial charge on any atom is -0.462 e. The number of carbonyl (C=O) groups is 3. The van der Waals surface area contributed by atoms with Crippen molar-refractivity contribution in [3.63, 3.8) is 0 Å². The van der Waals surface area contributed by atoms with Gasteiger partial charge in [-0.15, -0.1) is 0 Å². The summed E-state index contributed by atoms with van der Waals surface area (Å²) in [5, 5.41) is 0. The van der Waals surface area contributed by atoms with Gasteiger partial charge in [0.25, 0.3) is 0 Å². The van der Waals surface area contributed by atoms with Crippen molar-refractivity contribution >= 4 is 17.9 Å². The van der Waals surface area contributed by atoms with Crippen molar-refractivity contribution in [2.75, 3.05) is 13.2 Å². The highest BCUT2D eigenvalue weighted by Crippen LogP contribution is 2.13. The van der Waals surface area contributed by atoms with E-state index in [-0.39, 0.29) is 31.6 Å². The van der Waals surface area contributed by atoms with Crippen molar-refractivity contribution in [2.24, 2.45) is 0 Å². The fourth-order valence-electron chi connectivity index (χ4n) is 6.85. The van der Waals surface area contributed by atoms with E-state index in [1.54, 1.807) is 0 Å². The molecule has 0 aliphatic rings. The molecular weight excluding hydrogens is 817 g/mol. The highest BCUT2D eigenvalue weighted by molar-refractivity contribution is 5.71. The monoisotopic (exact) mass is 913 g/mol. The Morgan fingerprint density at radius 3 is 1.18 bits per heavy atom. The van der Waals surface area contributed by atoms with E-state index >= 15 is 0 Å². The summed E-state index contributed by atoms with van der Waals surface area (Å²) >= 11 is 0. The smallest absolute Gasteiger partial charge is 0.306 e. The van der Waals surface area contributed by atoms with Crippen molar-refractivity contribution in [1.82, 2.24) is 0 Å². The molecule has 0 bridgehead atoms. The zero-order valence-electron chi connectivity index (χ0n) is 42.4. The lowest BCUT2D eigenvalue weighted by Gasteiger charge is -2.18. The van der Waals surface area contributed by atoms with Crippen LogP contribution in [-0.2, 0) is 28.6 Å². The van der Waals surface area contributed by atoms with Crippen LogP contribution in [0.5, 0.6) is 0 Å². The lowest BCUT2D eigenvalue weighted by molar-refractivity contribution is -0.166. The summed E-state index contributed by atoms with van der Waals surface area (Å²) in [6, 6.07) is 0. The minimum absolute atomic E-state index is 0.126. The summed E-state index contributed by atoms with van der Waals surface area (Å²) in [6.07, 6.45) is 73.5. The molecule has 6 heteroatoms. The van der Waals surface area contributed by atoms with E-state index in [1.165, 1.54) is 89.9 Å². The zero-order valence-corrected chi connectivity index (χ0v) is 42.4. The lowest BCUT2D eigenvalue weighted by atomic mass is 10.1. The predicted octanol–water partition coefficient (Wildman–Crippen LogP) is 17.7. The van der Waals surface area contributed by atoms with E-state index in [9.17, 15) is 14.4 Å². The number of esters is 3. The van der Waals surface area contributed by atoms with Crippen LogP contribution in [0, 0.1) is 0 Å². The van der Waals surface area contributed by atoms with Crippen LogP contribution >= 0.6 is 0 Å². The van der Waals surface area contributed by atoms with Crippen molar-refractivity contribution in [1.29, 1.82) is 0 Å². The molecule has 66 heavy (non-hydrogen) atoms. The Morgan fingerprint density at radius 1 is 0.333 bits per heavy atom. The maximum Gasteiger partial charge on any atom is 0.306 e. The van der Waals surface area contributed by atoms with Crippen molar-refractivity contribution < 1.29 is 28.6 Å². The standard InChI is InChI=1S/C60H96O6/c1-4-7-10-13-16-19-22-25-27-29-30-31-33-35-38-41-44-47-50-53-59(62)65-56-57(55-64-58(61)52-49-46-43-40-37-34-24-21-18-15-12-9-6-3)66-60(63)54-51-48-45-42-39-36-32-28-26-23-20-17-14-11-8-5-2/h8-9,11-12,15,17-18,20-21,24,26,28-30,34,36-37,39,45,48,57H,4-7,10,13-14,16,19,22-23,25,27,31-33,35,38,40-44,46-47,49-56H2,1-3H3/b11-8-,12-9-,18-15-,20-17-,24-21-,28-26-,30-29-,37-34-,39-36-,48-45-. The first-order chi connectivity index (χ1) is 32.5.